The number of hydrogen-bond acceptors (Lipinski definition) is 4. The van der Waals surface area contributed by atoms with Crippen molar-refractivity contribution in [3.05, 3.63) is 64.9 Å². The molecule has 0 unspecified atom stereocenters. The molecule has 0 atom stereocenters. The van der Waals surface area contributed by atoms with Crippen LogP contribution in [0.25, 0.3) is 0 Å². The summed E-state index contributed by atoms with van der Waals surface area (Å²) in [5, 5.41) is 0.653. The van der Waals surface area contributed by atoms with Gasteiger partial charge in [0, 0.05) is 55.7 Å². The number of halogens is 1. The van der Waals surface area contributed by atoms with Gasteiger partial charge in [-0.2, -0.15) is 0 Å². The van der Waals surface area contributed by atoms with Crippen LogP contribution in [0.1, 0.15) is 41.6 Å². The van der Waals surface area contributed by atoms with Crippen LogP contribution in [0, 0.1) is 0 Å². The number of hydrogen-bond donors (Lipinski definition) is 0. The van der Waals surface area contributed by atoms with E-state index < -0.39 is 0 Å². The van der Waals surface area contributed by atoms with Crippen molar-refractivity contribution in [2.75, 3.05) is 26.2 Å². The summed E-state index contributed by atoms with van der Waals surface area (Å²) < 4.78 is 6.39. The van der Waals surface area contributed by atoms with Crippen LogP contribution in [-0.4, -0.2) is 59.1 Å². The van der Waals surface area contributed by atoms with Gasteiger partial charge >= 0.3 is 0 Å². The van der Waals surface area contributed by atoms with Gasteiger partial charge in [0.1, 0.15) is 0 Å². The molecule has 1 amide bonds. The monoisotopic (exact) mass is 413 g/mol. The highest BCUT2D eigenvalue weighted by atomic mass is 35.5. The third-order valence-electron chi connectivity index (χ3n) is 5.87. The van der Waals surface area contributed by atoms with Gasteiger partial charge in [-0.3, -0.25) is 14.7 Å². The van der Waals surface area contributed by atoms with E-state index in [1.807, 2.05) is 23.4 Å². The van der Waals surface area contributed by atoms with Crippen LogP contribution < -0.4 is 0 Å². The number of benzene rings is 1. The number of nitrogens with zero attached hydrogens (tertiary/aromatic N) is 3. The number of ether oxygens (including phenoxy) is 1. The summed E-state index contributed by atoms with van der Waals surface area (Å²) in [6.07, 6.45) is 8.33. The van der Waals surface area contributed by atoms with Crippen LogP contribution in [0.15, 0.2) is 48.8 Å². The van der Waals surface area contributed by atoms with Crippen molar-refractivity contribution >= 4 is 17.5 Å². The van der Waals surface area contributed by atoms with Gasteiger partial charge in [-0.15, -0.1) is 0 Å². The van der Waals surface area contributed by atoms with Gasteiger partial charge < -0.3 is 9.64 Å². The highest BCUT2D eigenvalue weighted by molar-refractivity contribution is 6.30. The third kappa shape index (κ3) is 5.56. The number of rotatable bonds is 5. The maximum absolute atomic E-state index is 12.6. The zero-order chi connectivity index (χ0) is 20.1. The topological polar surface area (TPSA) is 45.7 Å². The number of aromatic nitrogens is 1. The highest BCUT2D eigenvalue weighted by Crippen LogP contribution is 2.23. The van der Waals surface area contributed by atoms with Gasteiger partial charge in [-0.05, 0) is 61.6 Å². The first kappa shape index (κ1) is 20.3. The summed E-state index contributed by atoms with van der Waals surface area (Å²) in [7, 11) is 0. The highest BCUT2D eigenvalue weighted by Gasteiger charge is 2.27. The average Bonchev–Trinajstić information content (AvgIpc) is 2.76. The summed E-state index contributed by atoms with van der Waals surface area (Å²) in [4.78, 5) is 21.2. The van der Waals surface area contributed by atoms with Gasteiger partial charge in [0.05, 0.1) is 12.2 Å². The number of pyridine rings is 1. The molecule has 6 heteroatoms. The van der Waals surface area contributed by atoms with E-state index in [0.717, 1.165) is 58.4 Å². The first-order valence-corrected chi connectivity index (χ1v) is 10.9. The number of amides is 1. The summed E-state index contributed by atoms with van der Waals surface area (Å²) in [6.45, 7) is 4.60. The van der Waals surface area contributed by atoms with Crippen LogP contribution >= 0.6 is 11.6 Å². The second-order valence-corrected chi connectivity index (χ2v) is 8.41. The fraction of sp³-hybridized carbons (Fsp3) is 0.478. The van der Waals surface area contributed by atoms with E-state index >= 15 is 0 Å². The molecule has 29 heavy (non-hydrogen) atoms. The predicted octanol–water partition coefficient (Wildman–Crippen LogP) is 4.02. The van der Waals surface area contributed by atoms with Gasteiger partial charge in [0.2, 0.25) is 0 Å². The molecule has 0 bridgehead atoms. The molecule has 0 aliphatic carbocycles. The minimum atomic E-state index is 0.0869. The lowest BCUT2D eigenvalue weighted by Crippen LogP contribution is -2.43. The van der Waals surface area contributed by atoms with E-state index in [1.165, 1.54) is 5.56 Å². The zero-order valence-electron chi connectivity index (χ0n) is 16.7. The Morgan fingerprint density at radius 1 is 1.00 bits per heavy atom. The standard InChI is InChI=1S/C23H28ClN3O2/c24-20-5-3-19(4-6-20)23(28)27-14-9-22(10-15-27)29-21-7-12-26(13-8-21)17-18-2-1-11-25-16-18/h1-6,11,16,21-22H,7-10,12-15,17H2. The Bertz CT molecular complexity index is 784. The van der Waals surface area contributed by atoms with Crippen LogP contribution in [0.3, 0.4) is 0 Å². The molecule has 0 spiro atoms. The smallest absolute Gasteiger partial charge is 0.253 e. The van der Waals surface area contributed by atoms with Crippen molar-refractivity contribution < 1.29 is 9.53 Å². The van der Waals surface area contributed by atoms with Crippen molar-refractivity contribution in [2.45, 2.75) is 44.4 Å². The van der Waals surface area contributed by atoms with E-state index in [1.54, 1.807) is 24.3 Å². The molecule has 5 nitrogen and oxygen atoms in total. The molecule has 4 rings (SSSR count). The molecule has 2 saturated heterocycles. The van der Waals surface area contributed by atoms with Gasteiger partial charge in [0.15, 0.2) is 0 Å². The minimum Gasteiger partial charge on any atom is -0.375 e. The van der Waals surface area contributed by atoms with E-state index in [-0.39, 0.29) is 12.0 Å². The minimum absolute atomic E-state index is 0.0869. The van der Waals surface area contributed by atoms with Crippen molar-refractivity contribution in [1.82, 2.24) is 14.8 Å². The SMILES string of the molecule is O=C(c1ccc(Cl)cc1)N1CCC(OC2CCN(Cc3cccnc3)CC2)CC1. The van der Waals surface area contributed by atoms with E-state index in [4.69, 9.17) is 16.3 Å². The Balaban J connectivity index is 1.18. The molecule has 0 radical (unpaired) electrons. The molecule has 2 aliphatic heterocycles. The molecule has 154 valence electrons. The van der Waals surface area contributed by atoms with Crippen LogP contribution in [0.4, 0.5) is 0 Å². The largest absolute Gasteiger partial charge is 0.375 e. The second kappa shape index (κ2) is 9.70. The lowest BCUT2D eigenvalue weighted by Gasteiger charge is -2.37. The van der Waals surface area contributed by atoms with Crippen molar-refractivity contribution in [3.8, 4) is 0 Å². The molecule has 1 aromatic carbocycles. The molecule has 2 aliphatic rings. The first-order valence-electron chi connectivity index (χ1n) is 10.5. The van der Waals surface area contributed by atoms with E-state index in [0.29, 0.717) is 16.7 Å². The number of likely N-dealkylation sites (tertiary alicyclic amines) is 2. The van der Waals surface area contributed by atoms with Gasteiger partial charge in [-0.25, -0.2) is 0 Å². The van der Waals surface area contributed by atoms with Crippen LogP contribution in [-0.2, 0) is 11.3 Å². The van der Waals surface area contributed by atoms with Crippen LogP contribution in [0.5, 0.6) is 0 Å². The van der Waals surface area contributed by atoms with E-state index in [2.05, 4.69) is 16.0 Å². The molecular weight excluding hydrogens is 386 g/mol. The summed E-state index contributed by atoms with van der Waals surface area (Å²) in [5.74, 6) is 0.0869. The number of carbonyl (C=O) groups excluding carboxylic acids is 1. The molecule has 2 fully saturated rings. The Morgan fingerprint density at radius 3 is 2.28 bits per heavy atom. The third-order valence-corrected chi connectivity index (χ3v) is 6.12. The average molecular weight is 414 g/mol. The molecule has 2 aromatic rings. The molecule has 0 N–H and O–H groups in total. The molecule has 0 saturated carbocycles. The zero-order valence-corrected chi connectivity index (χ0v) is 17.4. The maximum atomic E-state index is 12.6. The number of piperidine rings is 2. The Labute approximate surface area is 177 Å². The Morgan fingerprint density at radius 2 is 1.66 bits per heavy atom. The van der Waals surface area contributed by atoms with Crippen LogP contribution in [0.2, 0.25) is 5.02 Å². The van der Waals surface area contributed by atoms with E-state index in [9.17, 15) is 4.79 Å². The summed E-state index contributed by atoms with van der Waals surface area (Å²) >= 11 is 5.92. The quantitative estimate of drug-likeness (QED) is 0.742. The Kier molecular flexibility index (Phi) is 6.80. The molecular formula is C23H28ClN3O2. The fourth-order valence-electron chi connectivity index (χ4n) is 4.20. The number of carbonyl (C=O) groups is 1. The Hall–Kier alpha value is -1.95. The van der Waals surface area contributed by atoms with Gasteiger partial charge in [0.25, 0.3) is 5.91 Å². The van der Waals surface area contributed by atoms with Crippen molar-refractivity contribution in [1.29, 1.82) is 0 Å². The van der Waals surface area contributed by atoms with Crippen molar-refractivity contribution in [3.63, 3.8) is 0 Å². The lowest BCUT2D eigenvalue weighted by atomic mass is 10.0. The van der Waals surface area contributed by atoms with Crippen molar-refractivity contribution in [2.24, 2.45) is 0 Å². The normalized spacial score (nSPS) is 19.4. The lowest BCUT2D eigenvalue weighted by molar-refractivity contribution is -0.0629. The summed E-state index contributed by atoms with van der Waals surface area (Å²) in [5.41, 5.74) is 1.97. The summed E-state index contributed by atoms with van der Waals surface area (Å²) in [6, 6.07) is 11.3. The fourth-order valence-corrected chi connectivity index (χ4v) is 4.32. The first-order chi connectivity index (χ1) is 14.2. The predicted molar refractivity (Wildman–Crippen MR) is 114 cm³/mol. The maximum Gasteiger partial charge on any atom is 0.253 e. The van der Waals surface area contributed by atoms with Gasteiger partial charge in [-0.1, -0.05) is 17.7 Å². The molecule has 1 aromatic heterocycles. The second-order valence-electron chi connectivity index (χ2n) is 7.97. The molecule has 3 heterocycles.